The van der Waals surface area contributed by atoms with Crippen LogP contribution in [0.2, 0.25) is 0 Å². The lowest BCUT2D eigenvalue weighted by Crippen LogP contribution is -2.57. The van der Waals surface area contributed by atoms with Gasteiger partial charge in [-0.2, -0.15) is 0 Å². The molecule has 0 aliphatic heterocycles. The number of likely N-dealkylation sites (N-methyl/N-ethyl adjacent to an activating group) is 1. The lowest BCUT2D eigenvalue weighted by atomic mass is 9.47. The van der Waals surface area contributed by atoms with E-state index in [1.807, 2.05) is 25.1 Å². The van der Waals surface area contributed by atoms with Crippen LogP contribution in [0.15, 0.2) is 43.0 Å². The topological polar surface area (TPSA) is 112 Å². The number of aromatic nitrogens is 1. The summed E-state index contributed by atoms with van der Waals surface area (Å²) in [7, 11) is 1.76. The zero-order chi connectivity index (χ0) is 26.8. The molecular weight excluding hydrogens is 490 g/mol. The molecule has 200 valence electrons. The van der Waals surface area contributed by atoms with Crippen LogP contribution in [-0.2, 0) is 16.0 Å². The van der Waals surface area contributed by atoms with Crippen LogP contribution < -0.4 is 10.1 Å². The summed E-state index contributed by atoms with van der Waals surface area (Å²) in [4.78, 5) is 33.3. The van der Waals surface area contributed by atoms with Gasteiger partial charge in [-0.25, -0.2) is 4.98 Å². The summed E-state index contributed by atoms with van der Waals surface area (Å²) in [5, 5.41) is 24.6. The first kappa shape index (κ1) is 27.3. The summed E-state index contributed by atoms with van der Waals surface area (Å²) in [5.74, 6) is 0.0325. The van der Waals surface area contributed by atoms with E-state index in [1.54, 1.807) is 30.2 Å². The molecule has 2 aromatic rings. The van der Waals surface area contributed by atoms with Crippen molar-refractivity contribution in [3.8, 4) is 5.75 Å². The highest BCUT2D eigenvalue weighted by molar-refractivity contribution is 7.15. The Labute approximate surface area is 222 Å². The van der Waals surface area contributed by atoms with E-state index < -0.39 is 11.5 Å². The second-order valence-electron chi connectivity index (χ2n) is 10.8. The van der Waals surface area contributed by atoms with Gasteiger partial charge in [0.1, 0.15) is 5.75 Å². The Balaban J connectivity index is 1.62. The number of hydrogen-bond acceptors (Lipinski definition) is 7. The minimum atomic E-state index is -0.698. The SMILES string of the molecule is C=CCN(C)C(=O)CC1c2nc(NC(=O)COc3ccccc3)sc2CC2C(C)(CO)C(O)CCC12C. The molecule has 1 aromatic heterocycles. The number of para-hydroxylation sites is 1. The van der Waals surface area contributed by atoms with E-state index >= 15 is 0 Å². The van der Waals surface area contributed by atoms with Crippen molar-refractivity contribution in [3.05, 3.63) is 53.6 Å². The molecule has 2 aliphatic carbocycles. The molecule has 0 spiro atoms. The van der Waals surface area contributed by atoms with E-state index in [0.29, 0.717) is 30.3 Å². The molecule has 0 radical (unpaired) electrons. The van der Waals surface area contributed by atoms with Gasteiger partial charge in [-0.15, -0.1) is 17.9 Å². The molecule has 8 nitrogen and oxygen atoms in total. The highest BCUT2D eigenvalue weighted by Gasteiger charge is 2.59. The number of aliphatic hydroxyl groups is 2. The van der Waals surface area contributed by atoms with E-state index in [1.165, 1.54) is 11.3 Å². The van der Waals surface area contributed by atoms with Crippen molar-refractivity contribution in [3.63, 3.8) is 0 Å². The van der Waals surface area contributed by atoms with E-state index in [0.717, 1.165) is 17.0 Å². The minimum absolute atomic E-state index is 0.00982. The summed E-state index contributed by atoms with van der Waals surface area (Å²) in [6.07, 6.45) is 3.23. The number of fused-ring (bicyclic) bond motifs is 2. The highest BCUT2D eigenvalue weighted by atomic mass is 32.1. The molecule has 2 amide bonds. The minimum Gasteiger partial charge on any atom is -0.484 e. The van der Waals surface area contributed by atoms with Gasteiger partial charge in [0.25, 0.3) is 5.91 Å². The Bertz CT molecular complexity index is 1140. The van der Waals surface area contributed by atoms with Crippen LogP contribution >= 0.6 is 11.3 Å². The smallest absolute Gasteiger partial charge is 0.264 e. The van der Waals surface area contributed by atoms with Crippen LogP contribution in [0.1, 0.15) is 49.6 Å². The summed E-state index contributed by atoms with van der Waals surface area (Å²) in [6, 6.07) is 9.13. The predicted molar refractivity (Wildman–Crippen MR) is 144 cm³/mol. The number of benzene rings is 1. The predicted octanol–water partition coefficient (Wildman–Crippen LogP) is 3.61. The second-order valence-corrected chi connectivity index (χ2v) is 11.9. The number of aliphatic hydroxyl groups excluding tert-OH is 2. The summed E-state index contributed by atoms with van der Waals surface area (Å²) >= 11 is 1.40. The number of anilines is 1. The van der Waals surface area contributed by atoms with Gasteiger partial charge in [0.05, 0.1) is 18.4 Å². The number of carbonyl (C=O) groups excluding carboxylic acids is 2. The number of ether oxygens (including phenoxy) is 1. The number of thiazole rings is 1. The van der Waals surface area contributed by atoms with E-state index in [2.05, 4.69) is 18.8 Å². The van der Waals surface area contributed by atoms with Crippen molar-refractivity contribution < 1.29 is 24.5 Å². The third-order valence-corrected chi connectivity index (χ3v) is 9.47. The van der Waals surface area contributed by atoms with Crippen molar-refractivity contribution in [2.75, 3.05) is 32.1 Å². The monoisotopic (exact) mass is 527 g/mol. The maximum Gasteiger partial charge on any atom is 0.264 e. The molecule has 5 atom stereocenters. The fourth-order valence-electron chi connectivity index (χ4n) is 6.15. The molecule has 9 heteroatoms. The van der Waals surface area contributed by atoms with Crippen LogP contribution in [0.4, 0.5) is 5.13 Å². The Kier molecular flexibility index (Phi) is 8.06. The van der Waals surface area contributed by atoms with E-state index in [9.17, 15) is 19.8 Å². The van der Waals surface area contributed by atoms with Gasteiger partial charge in [0.2, 0.25) is 5.91 Å². The number of nitrogens with one attached hydrogen (secondary N) is 1. The molecule has 1 aromatic carbocycles. The maximum absolute atomic E-state index is 13.2. The van der Waals surface area contributed by atoms with Gasteiger partial charge in [-0.05, 0) is 42.7 Å². The molecule has 1 saturated carbocycles. The van der Waals surface area contributed by atoms with E-state index in [-0.39, 0.29) is 48.7 Å². The summed E-state index contributed by atoms with van der Waals surface area (Å²) < 4.78 is 5.56. The second kappa shape index (κ2) is 10.9. The fourth-order valence-corrected chi connectivity index (χ4v) is 7.23. The third-order valence-electron chi connectivity index (χ3n) is 8.46. The summed E-state index contributed by atoms with van der Waals surface area (Å²) in [5.41, 5.74) is -0.212. The molecule has 0 saturated heterocycles. The fraction of sp³-hybridized carbons (Fsp3) is 0.536. The summed E-state index contributed by atoms with van der Waals surface area (Å²) in [6.45, 7) is 8.01. The van der Waals surface area contributed by atoms with Crippen molar-refractivity contribution in [2.24, 2.45) is 16.7 Å². The van der Waals surface area contributed by atoms with Crippen molar-refractivity contribution in [1.29, 1.82) is 0 Å². The third kappa shape index (κ3) is 5.30. The zero-order valence-corrected chi connectivity index (χ0v) is 22.6. The van der Waals surface area contributed by atoms with Gasteiger partial charge >= 0.3 is 0 Å². The number of nitrogens with zero attached hydrogens (tertiary/aromatic N) is 2. The van der Waals surface area contributed by atoms with Crippen LogP contribution in [0.3, 0.4) is 0 Å². The molecule has 37 heavy (non-hydrogen) atoms. The van der Waals surface area contributed by atoms with Crippen LogP contribution in [0.25, 0.3) is 0 Å². The average Bonchev–Trinajstić information content (AvgIpc) is 3.29. The molecular formula is C28H37N3O5S. The van der Waals surface area contributed by atoms with Gasteiger partial charge in [-0.3, -0.25) is 14.9 Å². The maximum atomic E-state index is 13.2. The first-order valence-corrected chi connectivity index (χ1v) is 13.5. The zero-order valence-electron chi connectivity index (χ0n) is 21.8. The number of carbonyl (C=O) groups is 2. The van der Waals surface area contributed by atoms with Gasteiger partial charge in [-0.1, -0.05) is 38.1 Å². The lowest BCUT2D eigenvalue weighted by molar-refractivity contribution is -0.146. The van der Waals surface area contributed by atoms with E-state index in [4.69, 9.17) is 9.72 Å². The first-order chi connectivity index (χ1) is 17.6. The number of hydrogen-bond donors (Lipinski definition) is 3. The van der Waals surface area contributed by atoms with Gasteiger partial charge in [0, 0.05) is 36.2 Å². The molecule has 3 N–H and O–H groups in total. The van der Waals surface area contributed by atoms with Crippen LogP contribution in [-0.4, -0.2) is 64.8 Å². The van der Waals surface area contributed by atoms with Crippen LogP contribution in [0, 0.1) is 16.7 Å². The van der Waals surface area contributed by atoms with Crippen molar-refractivity contribution >= 4 is 28.3 Å². The number of rotatable bonds is 9. The van der Waals surface area contributed by atoms with Crippen LogP contribution in [0.5, 0.6) is 5.75 Å². The highest BCUT2D eigenvalue weighted by Crippen LogP contribution is 2.62. The van der Waals surface area contributed by atoms with Crippen molar-refractivity contribution in [2.45, 2.75) is 51.6 Å². The van der Waals surface area contributed by atoms with Gasteiger partial charge in [0.15, 0.2) is 11.7 Å². The van der Waals surface area contributed by atoms with Gasteiger partial charge < -0.3 is 19.8 Å². The Hall–Kier alpha value is -2.75. The molecule has 4 rings (SSSR count). The average molecular weight is 528 g/mol. The normalized spacial score (nSPS) is 28.5. The largest absolute Gasteiger partial charge is 0.484 e. The molecule has 1 fully saturated rings. The Morgan fingerprint density at radius 2 is 2.05 bits per heavy atom. The lowest BCUT2D eigenvalue weighted by Gasteiger charge is -2.58. The molecule has 2 aliphatic rings. The Morgan fingerprint density at radius 3 is 2.73 bits per heavy atom. The first-order valence-electron chi connectivity index (χ1n) is 12.7. The molecule has 0 bridgehead atoms. The quantitative estimate of drug-likeness (QED) is 0.430. The Morgan fingerprint density at radius 1 is 1.32 bits per heavy atom. The molecule has 1 heterocycles. The van der Waals surface area contributed by atoms with Crippen molar-refractivity contribution in [1.82, 2.24) is 9.88 Å². The standard InChI is InChI=1S/C28H37N3O5S/c1-5-13-31(4)24(35)14-19-25-20(15-21-27(19,2)12-11-22(33)28(21,3)17-32)37-26(30-25)29-23(34)16-36-18-9-7-6-8-10-18/h5-10,19,21-22,32-33H,1,11-17H2,2-4H3,(H,29,30,34). The number of amides is 2. The molecule has 5 unspecified atom stereocenters.